The molecule has 0 spiro atoms. The fraction of sp³-hybridized carbons (Fsp3) is 0.667. The molecule has 0 saturated carbocycles. The number of esters is 3. The lowest BCUT2D eigenvalue weighted by Gasteiger charge is -2.39. The molecule has 0 aromatic carbocycles. The molecule has 9 nitrogen and oxygen atoms in total. The molecule has 3 N–H and O–H groups in total. The number of carbonyl (C=O) groups is 3. The van der Waals surface area contributed by atoms with Gasteiger partial charge in [-0.2, -0.15) is 0 Å². The maximum Gasteiger partial charge on any atom is 0.303 e. The Bertz CT molecular complexity index is 428. The van der Waals surface area contributed by atoms with Gasteiger partial charge in [-0.05, 0) is 0 Å². The topological polar surface area (TPSA) is 138 Å². The average molecular weight is 334 g/mol. The minimum Gasteiger partial charge on any atom is -0.456 e. The summed E-state index contributed by atoms with van der Waals surface area (Å²) in [7, 11) is 0. The van der Waals surface area contributed by atoms with E-state index in [0.29, 0.717) is 0 Å². The molecule has 0 aromatic heterocycles. The number of amidine groups is 1. The normalized spacial score (nSPS) is 27.6. The number of rotatable bonds is 4. The summed E-state index contributed by atoms with van der Waals surface area (Å²) in [5, 5.41) is 7.05. The van der Waals surface area contributed by atoms with Gasteiger partial charge in [0.1, 0.15) is 0 Å². The van der Waals surface area contributed by atoms with Gasteiger partial charge in [-0.1, -0.05) is 11.8 Å². The molecule has 0 amide bonds. The largest absolute Gasteiger partial charge is 0.456 e. The van der Waals surface area contributed by atoms with Crippen molar-refractivity contribution in [3.63, 3.8) is 0 Å². The van der Waals surface area contributed by atoms with E-state index >= 15 is 0 Å². The van der Waals surface area contributed by atoms with Crippen LogP contribution in [-0.2, 0) is 33.3 Å². The van der Waals surface area contributed by atoms with Crippen molar-refractivity contribution in [2.75, 3.05) is 6.61 Å². The maximum atomic E-state index is 11.3. The molecule has 1 rings (SSSR count). The maximum absolute atomic E-state index is 11.3. The molecule has 1 saturated heterocycles. The molecule has 124 valence electrons. The van der Waals surface area contributed by atoms with Crippen LogP contribution in [0.15, 0.2) is 0 Å². The summed E-state index contributed by atoms with van der Waals surface area (Å²) in [6.45, 7) is 3.47. The SMILES string of the molecule is CC(=O)O[C@@H]1[C@@H](OC(C)=O)[C@H](SC(=N)N)OC[C@@H]1OC(C)=O. The second kappa shape index (κ2) is 7.99. The Balaban J connectivity index is 3.03. The molecule has 0 aliphatic carbocycles. The molecule has 0 bridgehead atoms. The van der Waals surface area contributed by atoms with Crippen molar-refractivity contribution in [3.05, 3.63) is 0 Å². The van der Waals surface area contributed by atoms with Crippen molar-refractivity contribution in [2.24, 2.45) is 5.73 Å². The van der Waals surface area contributed by atoms with Crippen LogP contribution < -0.4 is 5.73 Å². The summed E-state index contributed by atoms with van der Waals surface area (Å²) in [5.74, 6) is -1.86. The van der Waals surface area contributed by atoms with Crippen LogP contribution in [0, 0.1) is 5.41 Å². The van der Waals surface area contributed by atoms with Gasteiger partial charge in [0.15, 0.2) is 28.9 Å². The smallest absolute Gasteiger partial charge is 0.303 e. The molecule has 1 aliphatic rings. The predicted molar refractivity (Wildman–Crippen MR) is 75.9 cm³/mol. The fourth-order valence-electron chi connectivity index (χ4n) is 1.94. The number of hydrogen-bond acceptors (Lipinski definition) is 9. The van der Waals surface area contributed by atoms with E-state index in [1.807, 2.05) is 0 Å². The van der Waals surface area contributed by atoms with Gasteiger partial charge in [0.2, 0.25) is 0 Å². The third-order valence-corrected chi connectivity index (χ3v) is 3.44. The highest BCUT2D eigenvalue weighted by atomic mass is 32.2. The Hall–Kier alpha value is -1.81. The highest BCUT2D eigenvalue weighted by Gasteiger charge is 2.47. The standard InChI is InChI=1S/C12H18N2O7S/c1-5(15)19-8-4-18-11(22-12(13)14)10(21-7(3)17)9(8)20-6(2)16/h8-11H,4H2,1-3H3,(H3,13,14)/t8-,9-,10+,11-/m0/s1. The van der Waals surface area contributed by atoms with Crippen molar-refractivity contribution in [1.29, 1.82) is 5.41 Å². The summed E-state index contributed by atoms with van der Waals surface area (Å²) >= 11 is 0.807. The summed E-state index contributed by atoms with van der Waals surface area (Å²) in [6, 6.07) is 0. The number of nitrogens with one attached hydrogen (secondary N) is 1. The van der Waals surface area contributed by atoms with Crippen LogP contribution in [0.2, 0.25) is 0 Å². The van der Waals surface area contributed by atoms with Gasteiger partial charge in [-0.3, -0.25) is 19.8 Å². The molecule has 1 heterocycles. The van der Waals surface area contributed by atoms with E-state index in [9.17, 15) is 14.4 Å². The monoisotopic (exact) mass is 334 g/mol. The second-order valence-corrected chi connectivity index (χ2v) is 5.62. The molecule has 22 heavy (non-hydrogen) atoms. The van der Waals surface area contributed by atoms with Crippen LogP contribution in [0.25, 0.3) is 0 Å². The van der Waals surface area contributed by atoms with Gasteiger partial charge in [-0.25, -0.2) is 0 Å². The third-order valence-electron chi connectivity index (χ3n) is 2.55. The van der Waals surface area contributed by atoms with Crippen LogP contribution in [0.5, 0.6) is 0 Å². The summed E-state index contributed by atoms with van der Waals surface area (Å²) in [6.07, 6.45) is -3.03. The van der Waals surface area contributed by atoms with E-state index in [0.717, 1.165) is 11.8 Å². The summed E-state index contributed by atoms with van der Waals surface area (Å²) in [4.78, 5) is 33.7. The summed E-state index contributed by atoms with van der Waals surface area (Å²) in [5.41, 5.74) is 4.46. The van der Waals surface area contributed by atoms with Crippen LogP contribution in [-0.4, -0.2) is 53.4 Å². The molecule has 0 radical (unpaired) electrons. The molecule has 4 atom stereocenters. The lowest BCUT2D eigenvalue weighted by atomic mass is 10.1. The minimum atomic E-state index is -1.06. The molecule has 0 unspecified atom stereocenters. The van der Waals surface area contributed by atoms with Gasteiger partial charge >= 0.3 is 17.9 Å². The zero-order valence-corrected chi connectivity index (χ0v) is 13.2. The Morgan fingerprint density at radius 1 is 1.05 bits per heavy atom. The van der Waals surface area contributed by atoms with E-state index in [2.05, 4.69) is 0 Å². The van der Waals surface area contributed by atoms with Crippen LogP contribution in [0.3, 0.4) is 0 Å². The van der Waals surface area contributed by atoms with Gasteiger partial charge in [-0.15, -0.1) is 0 Å². The van der Waals surface area contributed by atoms with Crippen molar-refractivity contribution < 1.29 is 33.3 Å². The van der Waals surface area contributed by atoms with Crippen LogP contribution in [0.1, 0.15) is 20.8 Å². The summed E-state index contributed by atoms with van der Waals surface area (Å²) < 4.78 is 20.7. The van der Waals surface area contributed by atoms with Gasteiger partial charge in [0.25, 0.3) is 0 Å². The number of hydrogen-bond donors (Lipinski definition) is 2. The predicted octanol–water partition coefficient (Wildman–Crippen LogP) is -0.236. The van der Waals surface area contributed by atoms with Crippen LogP contribution in [0.4, 0.5) is 0 Å². The van der Waals surface area contributed by atoms with E-state index in [-0.39, 0.29) is 11.8 Å². The lowest BCUT2D eigenvalue weighted by Crippen LogP contribution is -2.56. The Morgan fingerprint density at radius 2 is 1.55 bits per heavy atom. The van der Waals surface area contributed by atoms with Gasteiger partial charge in [0.05, 0.1) is 6.61 Å². The van der Waals surface area contributed by atoms with E-state index in [4.69, 9.17) is 30.1 Å². The second-order valence-electron chi connectivity index (χ2n) is 4.48. The molecular weight excluding hydrogens is 316 g/mol. The van der Waals surface area contributed by atoms with Gasteiger partial charge in [0, 0.05) is 20.8 Å². The Kier molecular flexibility index (Phi) is 6.62. The van der Waals surface area contributed by atoms with Crippen molar-refractivity contribution in [2.45, 2.75) is 44.5 Å². The zero-order chi connectivity index (χ0) is 16.9. The van der Waals surface area contributed by atoms with Crippen LogP contribution >= 0.6 is 11.8 Å². The minimum absolute atomic E-state index is 0.0831. The first kappa shape index (κ1) is 18.2. The number of ether oxygens (including phenoxy) is 4. The molecular formula is C12H18N2O7S. The zero-order valence-electron chi connectivity index (χ0n) is 12.4. The highest BCUT2D eigenvalue weighted by molar-refractivity contribution is 8.14. The molecule has 1 fully saturated rings. The average Bonchev–Trinajstić information content (AvgIpc) is 2.34. The first-order chi connectivity index (χ1) is 10.2. The Morgan fingerprint density at radius 3 is 2.00 bits per heavy atom. The fourth-order valence-corrected chi connectivity index (χ4v) is 2.68. The first-order valence-corrected chi connectivity index (χ1v) is 7.22. The van der Waals surface area contributed by atoms with Crippen molar-refractivity contribution in [3.8, 4) is 0 Å². The van der Waals surface area contributed by atoms with Gasteiger partial charge < -0.3 is 24.7 Å². The number of thioether (sulfide) groups is 1. The first-order valence-electron chi connectivity index (χ1n) is 6.34. The molecule has 1 aliphatic heterocycles. The highest BCUT2D eigenvalue weighted by Crippen LogP contribution is 2.30. The Labute approximate surface area is 131 Å². The molecule has 10 heteroatoms. The van der Waals surface area contributed by atoms with E-state index in [1.165, 1.54) is 20.8 Å². The van der Waals surface area contributed by atoms with E-state index in [1.54, 1.807) is 0 Å². The third kappa shape index (κ3) is 5.53. The van der Waals surface area contributed by atoms with Crippen molar-refractivity contribution >= 4 is 34.8 Å². The van der Waals surface area contributed by atoms with Crippen molar-refractivity contribution in [1.82, 2.24) is 0 Å². The number of nitrogens with two attached hydrogens (primary N) is 1. The number of carbonyl (C=O) groups excluding carboxylic acids is 3. The quantitative estimate of drug-likeness (QED) is 0.309. The van der Waals surface area contributed by atoms with E-state index < -0.39 is 41.7 Å². The molecule has 0 aromatic rings. The lowest BCUT2D eigenvalue weighted by molar-refractivity contribution is -0.213.